The molecule has 0 radical (unpaired) electrons. The number of anilines is 2. The van der Waals surface area contributed by atoms with Crippen molar-refractivity contribution >= 4 is 28.9 Å². The molecule has 1 amide bonds. The van der Waals surface area contributed by atoms with Gasteiger partial charge in [0.25, 0.3) is 0 Å². The zero-order valence-corrected chi connectivity index (χ0v) is 14.5. The number of aryl methyl sites for hydroxylation is 2. The van der Waals surface area contributed by atoms with Crippen LogP contribution in [0.1, 0.15) is 18.1 Å². The molecule has 2 aromatic carbocycles. The summed E-state index contributed by atoms with van der Waals surface area (Å²) in [6, 6.07) is 10.9. The van der Waals surface area contributed by atoms with Crippen LogP contribution in [0.3, 0.4) is 0 Å². The highest BCUT2D eigenvalue weighted by atomic mass is 35.5. The summed E-state index contributed by atoms with van der Waals surface area (Å²) in [6.07, 6.45) is 0. The maximum Gasteiger partial charge on any atom is 0.246 e. The molecule has 23 heavy (non-hydrogen) atoms. The van der Waals surface area contributed by atoms with E-state index in [-0.39, 0.29) is 5.91 Å². The van der Waals surface area contributed by atoms with E-state index in [2.05, 4.69) is 10.6 Å². The fourth-order valence-electron chi connectivity index (χ4n) is 2.22. The highest BCUT2D eigenvalue weighted by molar-refractivity contribution is 6.31. The zero-order valence-electron chi connectivity index (χ0n) is 13.7. The lowest BCUT2D eigenvalue weighted by Gasteiger charge is -2.18. The lowest BCUT2D eigenvalue weighted by Crippen LogP contribution is -2.32. The number of carbonyl (C=O) groups excluding carboxylic acids is 1. The number of amides is 1. The van der Waals surface area contributed by atoms with Crippen molar-refractivity contribution in [2.45, 2.75) is 26.8 Å². The number of ether oxygens (including phenoxy) is 1. The topological polar surface area (TPSA) is 50.4 Å². The molecule has 122 valence electrons. The molecule has 0 aliphatic carbocycles. The normalized spacial score (nSPS) is 11.7. The first kappa shape index (κ1) is 17.2. The van der Waals surface area contributed by atoms with Gasteiger partial charge in [-0.15, -0.1) is 0 Å². The van der Waals surface area contributed by atoms with Crippen LogP contribution in [0.5, 0.6) is 5.75 Å². The van der Waals surface area contributed by atoms with Gasteiger partial charge in [-0.3, -0.25) is 4.79 Å². The van der Waals surface area contributed by atoms with Crippen molar-refractivity contribution in [2.75, 3.05) is 17.7 Å². The molecule has 0 saturated carbocycles. The van der Waals surface area contributed by atoms with Gasteiger partial charge in [0.05, 0.1) is 12.8 Å². The summed E-state index contributed by atoms with van der Waals surface area (Å²) in [5.41, 5.74) is 3.53. The van der Waals surface area contributed by atoms with E-state index in [1.807, 2.05) is 44.2 Å². The van der Waals surface area contributed by atoms with Crippen LogP contribution in [0.25, 0.3) is 0 Å². The zero-order chi connectivity index (χ0) is 17.0. The molecule has 0 bridgehead atoms. The molecule has 0 fully saturated rings. The molecule has 1 atom stereocenters. The second kappa shape index (κ2) is 7.38. The van der Waals surface area contributed by atoms with Crippen molar-refractivity contribution in [1.29, 1.82) is 0 Å². The minimum atomic E-state index is -0.426. The van der Waals surface area contributed by atoms with Gasteiger partial charge in [-0.1, -0.05) is 23.7 Å². The second-order valence-corrected chi connectivity index (χ2v) is 5.93. The molecule has 2 aromatic rings. The van der Waals surface area contributed by atoms with Gasteiger partial charge in [0.2, 0.25) is 5.91 Å². The molecular formula is C18H21ClN2O2. The Balaban J connectivity index is 2.11. The maximum absolute atomic E-state index is 12.3. The van der Waals surface area contributed by atoms with E-state index in [4.69, 9.17) is 16.3 Å². The number of benzene rings is 2. The van der Waals surface area contributed by atoms with Crippen LogP contribution in [-0.2, 0) is 4.79 Å². The van der Waals surface area contributed by atoms with Gasteiger partial charge >= 0.3 is 0 Å². The maximum atomic E-state index is 12.3. The number of nitrogens with one attached hydrogen (secondary N) is 2. The van der Waals surface area contributed by atoms with Crippen molar-refractivity contribution in [3.05, 3.63) is 52.5 Å². The number of carbonyl (C=O) groups is 1. The largest absolute Gasteiger partial charge is 0.495 e. The van der Waals surface area contributed by atoms with E-state index in [1.54, 1.807) is 20.1 Å². The van der Waals surface area contributed by atoms with E-state index in [0.29, 0.717) is 10.8 Å². The Morgan fingerprint density at radius 2 is 1.96 bits per heavy atom. The van der Waals surface area contributed by atoms with Gasteiger partial charge in [-0.2, -0.15) is 0 Å². The molecule has 4 nitrogen and oxygen atoms in total. The van der Waals surface area contributed by atoms with E-state index in [1.165, 1.54) is 0 Å². The van der Waals surface area contributed by atoms with Crippen molar-refractivity contribution in [3.8, 4) is 5.75 Å². The van der Waals surface area contributed by atoms with Gasteiger partial charge < -0.3 is 15.4 Å². The Morgan fingerprint density at radius 3 is 2.61 bits per heavy atom. The van der Waals surface area contributed by atoms with Crippen LogP contribution in [0.2, 0.25) is 5.02 Å². The fourth-order valence-corrected chi connectivity index (χ4v) is 2.37. The standard InChI is InChI=1S/C18H21ClN2O2/c1-11-6-5-7-14(8-11)21-18(22)13(3)20-16-9-12(2)15(19)10-17(16)23-4/h5-10,13,20H,1-4H3,(H,21,22)/t13-/m0/s1. The third-order valence-corrected chi connectivity index (χ3v) is 3.94. The predicted octanol–water partition coefficient (Wildman–Crippen LogP) is 4.40. The van der Waals surface area contributed by atoms with Crippen molar-refractivity contribution < 1.29 is 9.53 Å². The summed E-state index contributed by atoms with van der Waals surface area (Å²) >= 11 is 6.10. The van der Waals surface area contributed by atoms with Crippen molar-refractivity contribution in [2.24, 2.45) is 0 Å². The molecule has 0 unspecified atom stereocenters. The fraction of sp³-hybridized carbons (Fsp3) is 0.278. The Hall–Kier alpha value is -2.20. The molecular weight excluding hydrogens is 312 g/mol. The third-order valence-electron chi connectivity index (χ3n) is 3.53. The monoisotopic (exact) mass is 332 g/mol. The number of rotatable bonds is 5. The molecule has 2 N–H and O–H groups in total. The predicted molar refractivity (Wildman–Crippen MR) is 95.6 cm³/mol. The van der Waals surface area contributed by atoms with Gasteiger partial charge in [0.15, 0.2) is 0 Å². The summed E-state index contributed by atoms with van der Waals surface area (Å²) in [5, 5.41) is 6.70. The summed E-state index contributed by atoms with van der Waals surface area (Å²) < 4.78 is 5.32. The highest BCUT2D eigenvalue weighted by Crippen LogP contribution is 2.31. The average molecular weight is 333 g/mol. The van der Waals surface area contributed by atoms with Crippen LogP contribution >= 0.6 is 11.6 Å². The highest BCUT2D eigenvalue weighted by Gasteiger charge is 2.16. The molecule has 0 aromatic heterocycles. The first-order chi connectivity index (χ1) is 10.9. The van der Waals surface area contributed by atoms with E-state index >= 15 is 0 Å². The van der Waals surface area contributed by atoms with E-state index in [9.17, 15) is 4.79 Å². The van der Waals surface area contributed by atoms with Gasteiger partial charge in [-0.25, -0.2) is 0 Å². The molecule has 0 saturated heterocycles. The molecule has 5 heteroatoms. The summed E-state index contributed by atoms with van der Waals surface area (Å²) in [5.74, 6) is 0.487. The van der Waals surface area contributed by atoms with E-state index in [0.717, 1.165) is 22.5 Å². The summed E-state index contributed by atoms with van der Waals surface area (Å²) in [6.45, 7) is 5.69. The quantitative estimate of drug-likeness (QED) is 0.853. The van der Waals surface area contributed by atoms with Crippen molar-refractivity contribution in [3.63, 3.8) is 0 Å². The summed E-state index contributed by atoms with van der Waals surface area (Å²) in [4.78, 5) is 12.3. The minimum Gasteiger partial charge on any atom is -0.495 e. The SMILES string of the molecule is COc1cc(Cl)c(C)cc1N[C@@H](C)C(=O)Nc1cccc(C)c1. The third kappa shape index (κ3) is 4.39. The molecule has 0 aliphatic heterocycles. The van der Waals surface area contributed by atoms with Crippen LogP contribution in [0, 0.1) is 13.8 Å². The Labute approximate surface area is 141 Å². The Bertz CT molecular complexity index is 716. The molecule has 0 heterocycles. The first-order valence-corrected chi connectivity index (χ1v) is 7.76. The minimum absolute atomic E-state index is 0.120. The van der Waals surface area contributed by atoms with Gasteiger partial charge in [-0.05, 0) is 50.1 Å². The van der Waals surface area contributed by atoms with Crippen molar-refractivity contribution in [1.82, 2.24) is 0 Å². The average Bonchev–Trinajstić information content (AvgIpc) is 2.50. The molecule has 0 aliphatic rings. The smallest absolute Gasteiger partial charge is 0.246 e. The van der Waals surface area contributed by atoms with Gasteiger partial charge in [0, 0.05) is 16.8 Å². The van der Waals surface area contributed by atoms with Crippen LogP contribution in [0.4, 0.5) is 11.4 Å². The second-order valence-electron chi connectivity index (χ2n) is 5.53. The van der Waals surface area contributed by atoms with Crippen LogP contribution in [-0.4, -0.2) is 19.1 Å². The summed E-state index contributed by atoms with van der Waals surface area (Å²) in [7, 11) is 1.57. The molecule has 0 spiro atoms. The number of methoxy groups -OCH3 is 1. The van der Waals surface area contributed by atoms with Gasteiger partial charge in [0.1, 0.15) is 11.8 Å². The lowest BCUT2D eigenvalue weighted by molar-refractivity contribution is -0.116. The number of hydrogen-bond donors (Lipinski definition) is 2. The Morgan fingerprint density at radius 1 is 1.22 bits per heavy atom. The number of halogens is 1. The number of hydrogen-bond acceptors (Lipinski definition) is 3. The van der Waals surface area contributed by atoms with Crippen LogP contribution < -0.4 is 15.4 Å². The Kier molecular flexibility index (Phi) is 5.50. The first-order valence-electron chi connectivity index (χ1n) is 7.39. The molecule has 2 rings (SSSR count). The van der Waals surface area contributed by atoms with Crippen LogP contribution in [0.15, 0.2) is 36.4 Å². The van der Waals surface area contributed by atoms with E-state index < -0.39 is 6.04 Å². The lowest BCUT2D eigenvalue weighted by atomic mass is 10.1.